The first kappa shape index (κ1) is 24.0. The highest BCUT2D eigenvalue weighted by molar-refractivity contribution is 6.07. The van der Waals surface area contributed by atoms with Gasteiger partial charge < -0.3 is 14.4 Å². The number of halogens is 2. The van der Waals surface area contributed by atoms with Gasteiger partial charge in [-0.1, -0.05) is 0 Å². The Labute approximate surface area is 188 Å². The Morgan fingerprint density at radius 3 is 2.47 bits per heavy atom. The number of benzene rings is 1. The van der Waals surface area contributed by atoms with Gasteiger partial charge in [0.25, 0.3) is 0 Å². The molecule has 4 rings (SSSR count). The van der Waals surface area contributed by atoms with Crippen molar-refractivity contribution >= 4 is 41.7 Å². The summed E-state index contributed by atoms with van der Waals surface area (Å²) in [6.07, 6.45) is 5.77. The number of phenols is 1. The van der Waals surface area contributed by atoms with Crippen LogP contribution in [0, 0.1) is 0 Å². The van der Waals surface area contributed by atoms with E-state index in [2.05, 4.69) is 14.5 Å². The molecule has 0 atom stereocenters. The highest BCUT2D eigenvalue weighted by Crippen LogP contribution is 2.37. The third kappa shape index (κ3) is 4.41. The Hall–Kier alpha value is -2.28. The minimum Gasteiger partial charge on any atom is -0.507 e. The van der Waals surface area contributed by atoms with E-state index in [4.69, 9.17) is 4.74 Å². The molecule has 1 N–H and O–H groups in total. The van der Waals surface area contributed by atoms with E-state index in [1.165, 1.54) is 12.8 Å². The first-order chi connectivity index (χ1) is 13.6. The van der Waals surface area contributed by atoms with E-state index >= 15 is 0 Å². The molecule has 8 heteroatoms. The molecule has 162 valence electrons. The van der Waals surface area contributed by atoms with Crippen molar-refractivity contribution in [3.63, 3.8) is 0 Å². The third-order valence-corrected chi connectivity index (χ3v) is 5.48. The average Bonchev–Trinajstić information content (AvgIpc) is 3.29. The largest absolute Gasteiger partial charge is 0.507 e. The maximum atomic E-state index is 12.8. The number of carbonyl (C=O) groups excluding carboxylic acids is 1. The Morgan fingerprint density at radius 2 is 1.83 bits per heavy atom. The Bertz CT molecular complexity index is 1020. The van der Waals surface area contributed by atoms with Gasteiger partial charge in [0.05, 0.1) is 12.2 Å². The van der Waals surface area contributed by atoms with Gasteiger partial charge in [-0.05, 0) is 62.7 Å². The zero-order valence-electron chi connectivity index (χ0n) is 17.1. The molecule has 0 unspecified atom stereocenters. The summed E-state index contributed by atoms with van der Waals surface area (Å²) in [5.41, 5.74) is 4.00. The van der Waals surface area contributed by atoms with Gasteiger partial charge in [-0.15, -0.1) is 24.8 Å². The number of hydrogen-bond acceptors (Lipinski definition) is 5. The molecule has 3 aromatic rings. The zero-order chi connectivity index (χ0) is 19.7. The molecule has 1 aromatic carbocycles. The van der Waals surface area contributed by atoms with Gasteiger partial charge in [0.15, 0.2) is 0 Å². The molecule has 0 aliphatic carbocycles. The maximum absolute atomic E-state index is 12.8. The highest BCUT2D eigenvalue weighted by atomic mass is 35.5. The van der Waals surface area contributed by atoms with E-state index in [-0.39, 0.29) is 36.5 Å². The normalized spacial score (nSPS) is 13.7. The van der Waals surface area contributed by atoms with E-state index in [9.17, 15) is 9.90 Å². The second kappa shape index (κ2) is 10.2. The molecule has 1 aliphatic rings. The summed E-state index contributed by atoms with van der Waals surface area (Å²) < 4.78 is 7.41. The Kier molecular flexibility index (Phi) is 8.12. The fourth-order valence-corrected chi connectivity index (χ4v) is 4.05. The van der Waals surface area contributed by atoms with Crippen LogP contribution >= 0.6 is 24.8 Å². The molecule has 3 heterocycles. The van der Waals surface area contributed by atoms with Crippen LogP contribution in [0.25, 0.3) is 22.0 Å². The number of likely N-dealkylation sites (tertiary alicyclic amines) is 1. The molecule has 1 aliphatic heterocycles. The number of nitrogens with zero attached hydrogens (tertiary/aromatic N) is 3. The predicted octanol–water partition coefficient (Wildman–Crippen LogP) is 4.56. The second-order valence-corrected chi connectivity index (χ2v) is 7.21. The molecule has 6 nitrogen and oxygen atoms in total. The topological polar surface area (TPSA) is 67.6 Å². The maximum Gasteiger partial charge on any atom is 0.340 e. The molecular weight excluding hydrogens is 425 g/mol. The number of hydrogen-bond donors (Lipinski definition) is 1. The van der Waals surface area contributed by atoms with Crippen LogP contribution in [-0.4, -0.2) is 45.2 Å². The second-order valence-electron chi connectivity index (χ2n) is 7.21. The number of fused-ring (bicyclic) bond motifs is 1. The van der Waals surface area contributed by atoms with Crippen LogP contribution in [-0.2, 0) is 18.3 Å². The summed E-state index contributed by atoms with van der Waals surface area (Å²) >= 11 is 0. The number of ether oxygens (including phenoxy) is 1. The van der Waals surface area contributed by atoms with E-state index in [1.807, 2.05) is 32.2 Å². The highest BCUT2D eigenvalue weighted by Gasteiger charge is 2.26. The Morgan fingerprint density at radius 1 is 1.17 bits per heavy atom. The van der Waals surface area contributed by atoms with Crippen molar-refractivity contribution in [1.29, 1.82) is 0 Å². The molecule has 0 amide bonds. The minimum atomic E-state index is -0.335. The lowest BCUT2D eigenvalue weighted by Crippen LogP contribution is -2.22. The molecule has 0 bridgehead atoms. The van der Waals surface area contributed by atoms with Crippen LogP contribution in [0.4, 0.5) is 0 Å². The molecule has 1 saturated heterocycles. The summed E-state index contributed by atoms with van der Waals surface area (Å²) in [5.74, 6) is -0.194. The number of phenolic OH excluding ortho intramolecular Hbond substituents is 1. The van der Waals surface area contributed by atoms with Gasteiger partial charge in [-0.3, -0.25) is 9.88 Å². The lowest BCUT2D eigenvalue weighted by molar-refractivity contribution is 0.0526. The van der Waals surface area contributed by atoms with Crippen molar-refractivity contribution in [3.05, 3.63) is 47.9 Å². The van der Waals surface area contributed by atoms with E-state index < -0.39 is 0 Å². The molecule has 0 saturated carbocycles. The molecule has 0 spiro atoms. The number of carbonyl (C=O) groups is 1. The summed E-state index contributed by atoms with van der Waals surface area (Å²) in [5, 5.41) is 11.4. The first-order valence-corrected chi connectivity index (χ1v) is 9.74. The van der Waals surface area contributed by atoms with Crippen molar-refractivity contribution in [2.24, 2.45) is 7.05 Å². The zero-order valence-corrected chi connectivity index (χ0v) is 18.8. The lowest BCUT2D eigenvalue weighted by atomic mass is 10.0. The summed E-state index contributed by atoms with van der Waals surface area (Å²) in [7, 11) is 1.98. The number of pyridine rings is 1. The molecule has 30 heavy (non-hydrogen) atoms. The van der Waals surface area contributed by atoms with Crippen molar-refractivity contribution in [1.82, 2.24) is 14.5 Å². The van der Waals surface area contributed by atoms with Crippen LogP contribution < -0.4 is 0 Å². The number of rotatable bonds is 5. The SMILES string of the molecule is CCOC(=O)c1c(CN2CCCC2)n(C)c2cc(-c3ccncc3)c(O)cc12.Cl.Cl. The summed E-state index contributed by atoms with van der Waals surface area (Å²) in [6.45, 7) is 4.90. The van der Waals surface area contributed by atoms with E-state index in [0.29, 0.717) is 18.7 Å². The number of aromatic hydroxyl groups is 1. The fraction of sp³-hybridized carbons (Fsp3) is 0.364. The smallest absolute Gasteiger partial charge is 0.340 e. The van der Waals surface area contributed by atoms with Gasteiger partial charge in [-0.2, -0.15) is 0 Å². The van der Waals surface area contributed by atoms with Crippen LogP contribution in [0.2, 0.25) is 0 Å². The molecule has 1 fully saturated rings. The van der Waals surface area contributed by atoms with Gasteiger partial charge in [0.2, 0.25) is 0 Å². The predicted molar refractivity (Wildman–Crippen MR) is 123 cm³/mol. The molecule has 2 aromatic heterocycles. The summed E-state index contributed by atoms with van der Waals surface area (Å²) in [4.78, 5) is 19.2. The average molecular weight is 452 g/mol. The standard InChI is InChI=1S/C22H25N3O3.2ClH/c1-3-28-22(27)21-17-13-20(26)16(15-6-8-23-9-7-15)12-18(17)24(2)19(21)14-25-10-4-5-11-25;;/h6-9,12-13,26H,3-5,10-11,14H2,1-2H3;2*1H. The van der Waals surface area contributed by atoms with Crippen LogP contribution in [0.1, 0.15) is 35.8 Å². The summed E-state index contributed by atoms with van der Waals surface area (Å²) in [6, 6.07) is 7.35. The van der Waals surface area contributed by atoms with Crippen molar-refractivity contribution in [2.45, 2.75) is 26.3 Å². The fourth-order valence-electron chi connectivity index (χ4n) is 4.05. The number of aryl methyl sites for hydroxylation is 1. The quantitative estimate of drug-likeness (QED) is 0.575. The van der Waals surface area contributed by atoms with E-state index in [1.54, 1.807) is 18.5 Å². The molecule has 0 radical (unpaired) electrons. The van der Waals surface area contributed by atoms with Crippen molar-refractivity contribution < 1.29 is 14.6 Å². The number of esters is 1. The van der Waals surface area contributed by atoms with Crippen molar-refractivity contribution in [2.75, 3.05) is 19.7 Å². The van der Waals surface area contributed by atoms with Gasteiger partial charge in [-0.25, -0.2) is 4.79 Å². The van der Waals surface area contributed by atoms with Crippen LogP contribution in [0.15, 0.2) is 36.7 Å². The van der Waals surface area contributed by atoms with Crippen LogP contribution in [0.5, 0.6) is 5.75 Å². The van der Waals surface area contributed by atoms with E-state index in [0.717, 1.165) is 40.8 Å². The van der Waals surface area contributed by atoms with Gasteiger partial charge >= 0.3 is 5.97 Å². The lowest BCUT2D eigenvalue weighted by Gasteiger charge is -2.16. The number of aromatic nitrogens is 2. The Balaban J connectivity index is 0.00000160. The van der Waals surface area contributed by atoms with Gasteiger partial charge in [0, 0.05) is 48.1 Å². The third-order valence-electron chi connectivity index (χ3n) is 5.48. The van der Waals surface area contributed by atoms with Crippen LogP contribution in [0.3, 0.4) is 0 Å². The molecular formula is C22H27Cl2N3O3. The van der Waals surface area contributed by atoms with Crippen molar-refractivity contribution in [3.8, 4) is 16.9 Å². The minimum absolute atomic E-state index is 0. The first-order valence-electron chi connectivity index (χ1n) is 9.74. The monoisotopic (exact) mass is 451 g/mol. The van der Waals surface area contributed by atoms with Gasteiger partial charge in [0.1, 0.15) is 5.75 Å².